The zero-order valence-corrected chi connectivity index (χ0v) is 7.11. The van der Waals surface area contributed by atoms with Crippen LogP contribution in [0.5, 0.6) is 0 Å². The summed E-state index contributed by atoms with van der Waals surface area (Å²) in [6.45, 7) is 0.317. The summed E-state index contributed by atoms with van der Waals surface area (Å²) in [4.78, 5) is 0. The van der Waals surface area contributed by atoms with Crippen molar-refractivity contribution in [3.63, 3.8) is 0 Å². The Morgan fingerprint density at radius 3 is 3.00 bits per heavy atom. The Hall–Kier alpha value is -0.970. The van der Waals surface area contributed by atoms with E-state index in [4.69, 9.17) is 5.73 Å². The molecule has 0 fully saturated rings. The fourth-order valence-corrected chi connectivity index (χ4v) is 1.71. The molecule has 0 aliphatic heterocycles. The highest BCUT2D eigenvalue weighted by atomic mass is 19.3. The molecule has 0 aromatic carbocycles. The quantitative estimate of drug-likeness (QED) is 0.688. The highest BCUT2D eigenvalue weighted by Crippen LogP contribution is 2.32. The van der Waals surface area contributed by atoms with Crippen molar-refractivity contribution < 1.29 is 8.78 Å². The molecule has 1 aromatic rings. The predicted molar refractivity (Wildman–Crippen MR) is 43.5 cm³/mol. The first-order valence-corrected chi connectivity index (χ1v) is 4.25. The summed E-state index contributed by atoms with van der Waals surface area (Å²) < 4.78 is 25.8. The van der Waals surface area contributed by atoms with Crippen molar-refractivity contribution in [1.82, 2.24) is 10.2 Å². The lowest BCUT2D eigenvalue weighted by Gasteiger charge is -2.21. The van der Waals surface area contributed by atoms with Crippen molar-refractivity contribution >= 4 is 0 Å². The average molecular weight is 187 g/mol. The van der Waals surface area contributed by atoms with Crippen LogP contribution in [-0.4, -0.2) is 16.1 Å². The first kappa shape index (κ1) is 8.62. The second kappa shape index (κ2) is 2.77. The maximum absolute atomic E-state index is 12.9. The van der Waals surface area contributed by atoms with E-state index in [1.165, 1.54) is 0 Å². The molecule has 1 aromatic heterocycles. The number of hydrogen-bond acceptors (Lipinski definition) is 2. The summed E-state index contributed by atoms with van der Waals surface area (Å²) in [7, 11) is 0. The van der Waals surface area contributed by atoms with Gasteiger partial charge in [0.2, 0.25) is 0 Å². The second-order valence-electron chi connectivity index (χ2n) is 3.36. The molecule has 0 amide bonds. The lowest BCUT2D eigenvalue weighted by atomic mass is 9.93. The minimum absolute atomic E-state index is 0.0907. The van der Waals surface area contributed by atoms with Gasteiger partial charge in [0, 0.05) is 18.7 Å². The first-order valence-electron chi connectivity index (χ1n) is 4.25. The molecule has 2 rings (SSSR count). The summed E-state index contributed by atoms with van der Waals surface area (Å²) in [5.74, 6) is -2.58. The summed E-state index contributed by atoms with van der Waals surface area (Å²) in [6, 6.07) is 0. The van der Waals surface area contributed by atoms with Gasteiger partial charge in [0.25, 0.3) is 5.92 Å². The van der Waals surface area contributed by atoms with Crippen LogP contribution >= 0.6 is 0 Å². The molecule has 5 heteroatoms. The van der Waals surface area contributed by atoms with E-state index in [1.54, 1.807) is 0 Å². The van der Waals surface area contributed by atoms with E-state index in [0.29, 0.717) is 18.7 Å². The zero-order chi connectivity index (χ0) is 9.47. The smallest absolute Gasteiger partial charge is 0.253 e. The van der Waals surface area contributed by atoms with Crippen LogP contribution in [0.15, 0.2) is 0 Å². The van der Waals surface area contributed by atoms with Gasteiger partial charge in [-0.25, -0.2) is 8.78 Å². The lowest BCUT2D eigenvalue weighted by Crippen LogP contribution is -2.26. The van der Waals surface area contributed by atoms with Gasteiger partial charge in [-0.3, -0.25) is 5.10 Å². The van der Waals surface area contributed by atoms with Gasteiger partial charge in [-0.2, -0.15) is 5.10 Å². The van der Waals surface area contributed by atoms with Crippen LogP contribution in [0, 0.1) is 0 Å². The summed E-state index contributed by atoms with van der Waals surface area (Å²) in [6.07, 6.45) is 0.0627. The Morgan fingerprint density at radius 1 is 1.54 bits per heavy atom. The fourth-order valence-electron chi connectivity index (χ4n) is 1.71. The molecule has 1 heterocycles. The number of rotatable bonds is 1. The SMILES string of the molecule is NCc1n[nH]c2c1CCC(F)(F)C2. The number of H-pyrrole nitrogens is 1. The molecule has 1 aliphatic rings. The van der Waals surface area contributed by atoms with Crippen LogP contribution in [0.2, 0.25) is 0 Å². The van der Waals surface area contributed by atoms with E-state index in [9.17, 15) is 8.78 Å². The molecule has 0 atom stereocenters. The highest BCUT2D eigenvalue weighted by molar-refractivity contribution is 5.29. The molecule has 0 spiro atoms. The molecule has 1 aliphatic carbocycles. The van der Waals surface area contributed by atoms with Crippen molar-refractivity contribution in [2.75, 3.05) is 0 Å². The topological polar surface area (TPSA) is 54.7 Å². The molecule has 0 unspecified atom stereocenters. The molecular formula is C8H11F2N3. The van der Waals surface area contributed by atoms with Gasteiger partial charge < -0.3 is 5.73 Å². The molecule has 0 saturated carbocycles. The van der Waals surface area contributed by atoms with Crippen LogP contribution in [0.1, 0.15) is 23.4 Å². The summed E-state index contributed by atoms with van der Waals surface area (Å²) >= 11 is 0. The number of halogens is 2. The fraction of sp³-hybridized carbons (Fsp3) is 0.625. The Kier molecular flexibility index (Phi) is 1.83. The average Bonchev–Trinajstić information content (AvgIpc) is 2.44. The van der Waals surface area contributed by atoms with Crippen molar-refractivity contribution in [2.45, 2.75) is 31.7 Å². The summed E-state index contributed by atoms with van der Waals surface area (Å²) in [5, 5.41) is 6.52. The van der Waals surface area contributed by atoms with E-state index in [1.807, 2.05) is 0 Å². The predicted octanol–water partition coefficient (Wildman–Crippen LogP) is 0.992. The first-order chi connectivity index (χ1) is 6.12. The van der Waals surface area contributed by atoms with Gasteiger partial charge in [-0.05, 0) is 12.0 Å². The number of aromatic nitrogens is 2. The molecule has 0 saturated heterocycles. The van der Waals surface area contributed by atoms with Crippen molar-refractivity contribution in [3.05, 3.63) is 17.0 Å². The third-order valence-electron chi connectivity index (χ3n) is 2.41. The van der Waals surface area contributed by atoms with E-state index < -0.39 is 5.92 Å². The van der Waals surface area contributed by atoms with Crippen molar-refractivity contribution in [2.24, 2.45) is 5.73 Å². The maximum Gasteiger partial charge on any atom is 0.253 e. The van der Waals surface area contributed by atoms with Crippen LogP contribution in [0.3, 0.4) is 0 Å². The van der Waals surface area contributed by atoms with Gasteiger partial charge in [0.05, 0.1) is 12.1 Å². The van der Waals surface area contributed by atoms with Crippen molar-refractivity contribution in [3.8, 4) is 0 Å². The Labute approximate surface area is 74.3 Å². The van der Waals surface area contributed by atoms with E-state index in [-0.39, 0.29) is 12.8 Å². The molecule has 72 valence electrons. The number of nitrogens with two attached hydrogens (primary N) is 1. The number of hydrogen-bond donors (Lipinski definition) is 2. The molecule has 0 radical (unpaired) electrons. The molecular weight excluding hydrogens is 176 g/mol. The van der Waals surface area contributed by atoms with E-state index in [0.717, 1.165) is 11.3 Å². The van der Waals surface area contributed by atoms with Crippen molar-refractivity contribution in [1.29, 1.82) is 0 Å². The Bertz CT molecular complexity index is 319. The minimum Gasteiger partial charge on any atom is -0.325 e. The monoisotopic (exact) mass is 187 g/mol. The van der Waals surface area contributed by atoms with Crippen LogP contribution in [-0.2, 0) is 19.4 Å². The highest BCUT2D eigenvalue weighted by Gasteiger charge is 2.36. The van der Waals surface area contributed by atoms with Gasteiger partial charge in [0.1, 0.15) is 0 Å². The van der Waals surface area contributed by atoms with Gasteiger partial charge in [-0.15, -0.1) is 0 Å². The van der Waals surface area contributed by atoms with Crippen LogP contribution in [0.4, 0.5) is 8.78 Å². The third-order valence-corrected chi connectivity index (χ3v) is 2.41. The largest absolute Gasteiger partial charge is 0.325 e. The number of alkyl halides is 2. The summed E-state index contributed by atoms with van der Waals surface area (Å²) in [5.41, 5.74) is 7.59. The maximum atomic E-state index is 12.9. The zero-order valence-electron chi connectivity index (χ0n) is 7.11. The minimum atomic E-state index is -2.58. The molecule has 3 N–H and O–H groups in total. The molecule has 13 heavy (non-hydrogen) atoms. The van der Waals surface area contributed by atoms with Crippen LogP contribution in [0.25, 0.3) is 0 Å². The molecule has 0 bridgehead atoms. The standard InChI is InChI=1S/C8H11F2N3/c9-8(10)2-1-5-6(3-8)12-13-7(5)4-11/h1-4,11H2,(H,12,13). The van der Waals surface area contributed by atoms with Gasteiger partial charge in [-0.1, -0.05) is 0 Å². The lowest BCUT2D eigenvalue weighted by molar-refractivity contribution is -0.0131. The van der Waals surface area contributed by atoms with Gasteiger partial charge in [0.15, 0.2) is 0 Å². The van der Waals surface area contributed by atoms with Gasteiger partial charge >= 0.3 is 0 Å². The second-order valence-corrected chi connectivity index (χ2v) is 3.36. The van der Waals surface area contributed by atoms with E-state index in [2.05, 4.69) is 10.2 Å². The van der Waals surface area contributed by atoms with Crippen LogP contribution < -0.4 is 5.73 Å². The normalized spacial score (nSPS) is 19.9. The Morgan fingerprint density at radius 2 is 2.31 bits per heavy atom. The Balaban J connectivity index is 2.33. The van der Waals surface area contributed by atoms with E-state index >= 15 is 0 Å². The number of fused-ring (bicyclic) bond motifs is 1. The number of nitrogens with zero attached hydrogens (tertiary/aromatic N) is 1. The molecule has 3 nitrogen and oxygen atoms in total. The third kappa shape index (κ3) is 1.44. The number of aromatic amines is 1. The number of nitrogens with one attached hydrogen (secondary N) is 1.